The lowest BCUT2D eigenvalue weighted by molar-refractivity contribution is -0.459. The second-order valence-electron chi connectivity index (χ2n) is 4.44. The number of carbonyl (C=O) groups is 1. The number of hydrogen-bond acceptors (Lipinski definition) is 4. The molecule has 25 heavy (non-hydrogen) atoms. The number of benzene rings is 1. The first-order valence-corrected chi connectivity index (χ1v) is 7.18. The van der Waals surface area contributed by atoms with Gasteiger partial charge in [-0.15, -0.1) is 0 Å². The van der Waals surface area contributed by atoms with E-state index >= 15 is 0 Å². The fourth-order valence-corrected chi connectivity index (χ4v) is 1.72. The van der Waals surface area contributed by atoms with E-state index in [2.05, 4.69) is 4.74 Å². The zero-order valence-electron chi connectivity index (χ0n) is 11.4. The molecule has 0 amide bonds. The highest BCUT2D eigenvalue weighted by atomic mass is 32.2. The van der Waals surface area contributed by atoms with E-state index in [-0.39, 0.29) is 24.0 Å². The van der Waals surface area contributed by atoms with Gasteiger partial charge in [-0.1, -0.05) is 24.3 Å². The summed E-state index contributed by atoms with van der Waals surface area (Å²) in [5.41, 5.74) is -1.96. The van der Waals surface area contributed by atoms with E-state index in [1.807, 2.05) is 0 Å². The molecule has 0 saturated heterocycles. The largest absolute Gasteiger partial charge is 0.460 e. The minimum atomic E-state index is -6.98. The van der Waals surface area contributed by atoms with Crippen LogP contribution in [0.25, 0.3) is 0 Å². The van der Waals surface area contributed by atoms with Crippen molar-refractivity contribution >= 4 is 16.4 Å². The predicted molar refractivity (Wildman–Crippen MR) is 63.2 cm³/mol. The van der Waals surface area contributed by atoms with E-state index in [9.17, 15) is 48.3 Å². The van der Waals surface area contributed by atoms with E-state index < -0.39 is 39.1 Å². The van der Waals surface area contributed by atoms with E-state index in [0.717, 1.165) is 0 Å². The molecule has 142 valence electrons. The standard InChI is InChI=1S/C11H6F8O5S/c12-8(13,7-3-1-6(5-20)2-4-7)9(14,15)24-10(16,17)11(18,19)25(21,22)23/h1-5H,(H,21,22,23). The van der Waals surface area contributed by atoms with Crippen molar-refractivity contribution in [2.45, 2.75) is 23.4 Å². The van der Waals surface area contributed by atoms with Crippen LogP contribution in [0.1, 0.15) is 15.9 Å². The van der Waals surface area contributed by atoms with E-state index in [0.29, 0.717) is 12.1 Å². The van der Waals surface area contributed by atoms with Crippen molar-refractivity contribution in [3.63, 3.8) is 0 Å². The number of carbonyl (C=O) groups excluding carboxylic acids is 1. The molecule has 0 saturated carbocycles. The van der Waals surface area contributed by atoms with Crippen molar-refractivity contribution in [2.24, 2.45) is 0 Å². The summed E-state index contributed by atoms with van der Waals surface area (Å²) in [6, 6.07) is 1.61. The molecule has 1 aromatic carbocycles. The molecular weight excluding hydrogens is 396 g/mol. The zero-order chi connectivity index (χ0) is 19.9. The number of rotatable bonds is 7. The van der Waals surface area contributed by atoms with Crippen LogP contribution >= 0.6 is 0 Å². The van der Waals surface area contributed by atoms with Gasteiger partial charge < -0.3 is 0 Å². The molecule has 1 N–H and O–H groups in total. The summed E-state index contributed by atoms with van der Waals surface area (Å²) in [5.74, 6) is -5.63. The molecule has 5 nitrogen and oxygen atoms in total. The molecule has 0 unspecified atom stereocenters. The molecule has 0 aromatic heterocycles. The van der Waals surface area contributed by atoms with Gasteiger partial charge in [0.15, 0.2) is 0 Å². The third-order valence-electron chi connectivity index (χ3n) is 2.69. The maximum absolute atomic E-state index is 13.6. The summed E-state index contributed by atoms with van der Waals surface area (Å²) in [5, 5.41) is -6.64. The van der Waals surface area contributed by atoms with Gasteiger partial charge in [-0.25, -0.2) is 4.74 Å². The summed E-state index contributed by atoms with van der Waals surface area (Å²) in [6.45, 7) is 0. The Kier molecular flexibility index (Phi) is 5.25. The normalized spacial score (nSPS) is 14.4. The van der Waals surface area contributed by atoms with Gasteiger partial charge >= 0.3 is 33.5 Å². The van der Waals surface area contributed by atoms with Gasteiger partial charge in [-0.05, 0) is 0 Å². The molecule has 1 rings (SSSR count). The molecule has 0 spiro atoms. The van der Waals surface area contributed by atoms with Crippen LogP contribution < -0.4 is 0 Å². The summed E-state index contributed by atoms with van der Waals surface area (Å²) in [7, 11) is -6.98. The molecule has 0 aliphatic rings. The van der Waals surface area contributed by atoms with Crippen molar-refractivity contribution in [3.05, 3.63) is 35.4 Å². The topological polar surface area (TPSA) is 80.7 Å². The van der Waals surface area contributed by atoms with Crippen LogP contribution in [0.3, 0.4) is 0 Å². The lowest BCUT2D eigenvalue weighted by Crippen LogP contribution is -2.55. The van der Waals surface area contributed by atoms with Crippen LogP contribution in [-0.4, -0.2) is 36.7 Å². The van der Waals surface area contributed by atoms with Gasteiger partial charge in [0, 0.05) is 11.1 Å². The van der Waals surface area contributed by atoms with Gasteiger partial charge in [0.05, 0.1) is 0 Å². The highest BCUT2D eigenvalue weighted by molar-refractivity contribution is 7.86. The summed E-state index contributed by atoms with van der Waals surface area (Å²) in [4.78, 5) is 10.3. The Morgan fingerprint density at radius 1 is 0.880 bits per heavy atom. The first-order chi connectivity index (χ1) is 11.0. The molecular formula is C11H6F8O5S. The van der Waals surface area contributed by atoms with Gasteiger partial charge in [-0.2, -0.15) is 43.5 Å². The fourth-order valence-electron chi connectivity index (χ4n) is 1.37. The Labute approximate surface area is 133 Å². The summed E-state index contributed by atoms with van der Waals surface area (Å²) >= 11 is 0. The Balaban J connectivity index is 3.27. The van der Waals surface area contributed by atoms with Crippen molar-refractivity contribution in [2.75, 3.05) is 0 Å². The van der Waals surface area contributed by atoms with Crippen molar-refractivity contribution in [3.8, 4) is 0 Å². The molecule has 0 fully saturated rings. The van der Waals surface area contributed by atoms with E-state index in [1.165, 1.54) is 0 Å². The number of ether oxygens (including phenoxy) is 1. The second-order valence-corrected chi connectivity index (χ2v) is 5.90. The minimum absolute atomic E-state index is 0.136. The summed E-state index contributed by atoms with van der Waals surface area (Å²) < 4.78 is 136. The number of alkyl halides is 8. The van der Waals surface area contributed by atoms with Crippen LogP contribution in [0.2, 0.25) is 0 Å². The third kappa shape index (κ3) is 3.74. The van der Waals surface area contributed by atoms with Gasteiger partial charge in [0.25, 0.3) is 0 Å². The molecule has 1 aromatic rings. The first kappa shape index (κ1) is 21.2. The van der Waals surface area contributed by atoms with Crippen LogP contribution in [0.15, 0.2) is 24.3 Å². The van der Waals surface area contributed by atoms with Gasteiger partial charge in [-0.3, -0.25) is 9.35 Å². The van der Waals surface area contributed by atoms with Gasteiger partial charge in [0.1, 0.15) is 6.29 Å². The Morgan fingerprint density at radius 2 is 1.32 bits per heavy atom. The third-order valence-corrected chi connectivity index (χ3v) is 3.58. The highest BCUT2D eigenvalue weighted by Gasteiger charge is 2.74. The predicted octanol–water partition coefficient (Wildman–Crippen LogP) is 3.27. The highest BCUT2D eigenvalue weighted by Crippen LogP contribution is 2.50. The molecule has 0 heterocycles. The van der Waals surface area contributed by atoms with E-state index in [4.69, 9.17) is 4.55 Å². The second kappa shape index (κ2) is 6.17. The van der Waals surface area contributed by atoms with Crippen LogP contribution in [0, 0.1) is 0 Å². The Morgan fingerprint density at radius 3 is 1.68 bits per heavy atom. The quantitative estimate of drug-likeness (QED) is 0.430. The molecule has 0 atom stereocenters. The number of hydrogen-bond donors (Lipinski definition) is 1. The maximum Gasteiger partial charge on any atom is 0.460 e. The van der Waals surface area contributed by atoms with Crippen molar-refractivity contribution < 1.29 is 57.6 Å². The SMILES string of the molecule is O=Cc1ccc(C(F)(F)C(F)(F)OC(F)(F)C(F)(F)S(=O)(=O)O)cc1. The van der Waals surface area contributed by atoms with Crippen LogP contribution in [0.4, 0.5) is 35.1 Å². The molecule has 14 heteroatoms. The maximum atomic E-state index is 13.6. The number of aldehydes is 1. The molecule has 0 radical (unpaired) electrons. The lowest BCUT2D eigenvalue weighted by atomic mass is 10.1. The monoisotopic (exact) mass is 402 g/mol. The lowest BCUT2D eigenvalue weighted by Gasteiger charge is -2.31. The van der Waals surface area contributed by atoms with Gasteiger partial charge in [0.2, 0.25) is 0 Å². The minimum Gasteiger partial charge on any atom is -0.298 e. The molecule has 0 aliphatic carbocycles. The zero-order valence-corrected chi connectivity index (χ0v) is 12.2. The molecule has 0 aliphatic heterocycles. The number of halogens is 8. The summed E-state index contributed by atoms with van der Waals surface area (Å²) in [6.07, 6.45) is -12.9. The smallest absolute Gasteiger partial charge is 0.298 e. The fraction of sp³-hybridized carbons (Fsp3) is 0.364. The van der Waals surface area contributed by atoms with Crippen molar-refractivity contribution in [1.29, 1.82) is 0 Å². The van der Waals surface area contributed by atoms with E-state index in [1.54, 1.807) is 0 Å². The Bertz CT molecular complexity index is 744. The van der Waals surface area contributed by atoms with Crippen LogP contribution in [-0.2, 0) is 20.8 Å². The average molecular weight is 402 g/mol. The molecule has 0 bridgehead atoms. The van der Waals surface area contributed by atoms with Crippen LogP contribution in [0.5, 0.6) is 0 Å². The van der Waals surface area contributed by atoms with Crippen molar-refractivity contribution in [1.82, 2.24) is 0 Å². The Hall–Kier alpha value is -1.80. The average Bonchev–Trinajstić information content (AvgIpc) is 2.44. The first-order valence-electron chi connectivity index (χ1n) is 5.74.